The lowest BCUT2D eigenvalue weighted by Gasteiger charge is -2.29. The highest BCUT2D eigenvalue weighted by Gasteiger charge is 2.29. The van der Waals surface area contributed by atoms with E-state index in [0.717, 1.165) is 25.7 Å². The van der Waals surface area contributed by atoms with Crippen molar-refractivity contribution in [2.24, 2.45) is 0 Å². The molecule has 0 saturated carbocycles. The van der Waals surface area contributed by atoms with E-state index in [1.807, 2.05) is 7.05 Å². The second-order valence-corrected chi connectivity index (χ2v) is 5.59. The van der Waals surface area contributed by atoms with Gasteiger partial charge in [-0.1, -0.05) is 12.8 Å². The Morgan fingerprint density at radius 2 is 2.39 bits per heavy atom. The molecule has 3 nitrogen and oxygen atoms in total. The number of hydrogen-bond acceptors (Lipinski definition) is 3. The Labute approximate surface area is 112 Å². The first-order valence-electron chi connectivity index (χ1n) is 6.35. The highest BCUT2D eigenvalue weighted by molar-refractivity contribution is 7.11. The van der Waals surface area contributed by atoms with Gasteiger partial charge in [-0.15, -0.1) is 11.3 Å². The fourth-order valence-corrected chi connectivity index (χ4v) is 3.54. The molecule has 0 aliphatic heterocycles. The summed E-state index contributed by atoms with van der Waals surface area (Å²) in [5, 5.41) is 1.18. The average molecular weight is 262 g/mol. The van der Waals surface area contributed by atoms with E-state index in [1.54, 1.807) is 23.2 Å². The second kappa shape index (κ2) is 5.53. The van der Waals surface area contributed by atoms with Crippen LogP contribution in [0.5, 0.6) is 0 Å². The van der Waals surface area contributed by atoms with Gasteiger partial charge in [-0.2, -0.15) is 0 Å². The molecule has 1 atom stereocenters. The molecular weight excluding hydrogens is 244 g/mol. The van der Waals surface area contributed by atoms with Crippen LogP contribution < -0.4 is 0 Å². The van der Waals surface area contributed by atoms with Crippen LogP contribution in [0.25, 0.3) is 0 Å². The van der Waals surface area contributed by atoms with Gasteiger partial charge in [-0.25, -0.2) is 4.98 Å². The highest BCUT2D eigenvalue weighted by atomic mass is 32.1. The van der Waals surface area contributed by atoms with Crippen LogP contribution >= 0.6 is 11.3 Å². The molecular formula is C14H18N2OS. The van der Waals surface area contributed by atoms with Crippen LogP contribution in [-0.2, 0) is 17.6 Å². The van der Waals surface area contributed by atoms with Crippen molar-refractivity contribution in [3.8, 4) is 11.8 Å². The minimum atomic E-state index is -0.0956. The molecule has 1 aromatic rings. The van der Waals surface area contributed by atoms with Crippen LogP contribution in [0.3, 0.4) is 0 Å². The minimum Gasteiger partial charge on any atom is -0.327 e. The van der Waals surface area contributed by atoms with Crippen LogP contribution in [0.2, 0.25) is 0 Å². The maximum Gasteiger partial charge on any atom is 0.298 e. The number of rotatable bonds is 2. The van der Waals surface area contributed by atoms with E-state index in [0.29, 0.717) is 0 Å². The normalized spacial score (nSPS) is 17.6. The molecule has 0 spiro atoms. The summed E-state index contributed by atoms with van der Waals surface area (Å²) >= 11 is 1.75. The number of amides is 1. The molecule has 0 radical (unpaired) electrons. The first kappa shape index (κ1) is 13.1. The van der Waals surface area contributed by atoms with Crippen molar-refractivity contribution < 1.29 is 4.79 Å². The zero-order chi connectivity index (χ0) is 13.1. The molecule has 1 amide bonds. The van der Waals surface area contributed by atoms with Gasteiger partial charge in [0.15, 0.2) is 0 Å². The quantitative estimate of drug-likeness (QED) is 0.767. The van der Waals surface area contributed by atoms with Crippen molar-refractivity contribution in [2.45, 2.75) is 45.6 Å². The summed E-state index contributed by atoms with van der Waals surface area (Å²) < 4.78 is 0. The fraction of sp³-hybridized carbons (Fsp3) is 0.571. The highest BCUT2D eigenvalue weighted by Crippen LogP contribution is 2.37. The molecule has 0 N–H and O–H groups in total. The molecule has 1 heterocycles. The Morgan fingerprint density at radius 3 is 3.06 bits per heavy atom. The van der Waals surface area contributed by atoms with Crippen LogP contribution in [0.1, 0.15) is 48.3 Å². The zero-order valence-corrected chi connectivity index (χ0v) is 11.9. The smallest absolute Gasteiger partial charge is 0.298 e. The number of fused-ring (bicyclic) bond motifs is 1. The molecule has 18 heavy (non-hydrogen) atoms. The Morgan fingerprint density at radius 1 is 1.61 bits per heavy atom. The maximum absolute atomic E-state index is 11.9. The SMILES string of the molecule is CC#CC(=O)N(C)C1CCCc2nc(CC)sc21. The Kier molecular flexibility index (Phi) is 4.03. The zero-order valence-electron chi connectivity index (χ0n) is 11.1. The van der Waals surface area contributed by atoms with E-state index in [4.69, 9.17) is 0 Å². The van der Waals surface area contributed by atoms with Crippen molar-refractivity contribution in [2.75, 3.05) is 7.05 Å². The molecule has 1 aromatic heterocycles. The lowest BCUT2D eigenvalue weighted by molar-refractivity contribution is -0.126. The third-order valence-corrected chi connectivity index (χ3v) is 4.63. The van der Waals surface area contributed by atoms with Gasteiger partial charge < -0.3 is 4.90 Å². The molecule has 2 rings (SSSR count). The summed E-state index contributed by atoms with van der Waals surface area (Å²) in [6, 6.07) is 0.167. The van der Waals surface area contributed by atoms with Crippen molar-refractivity contribution in [3.05, 3.63) is 15.6 Å². The topological polar surface area (TPSA) is 33.2 Å². The number of hydrogen-bond donors (Lipinski definition) is 0. The number of carbonyl (C=O) groups is 1. The molecule has 0 bridgehead atoms. The Hall–Kier alpha value is -1.34. The first-order chi connectivity index (χ1) is 8.67. The molecule has 4 heteroatoms. The van der Waals surface area contributed by atoms with Crippen LogP contribution in [0, 0.1) is 11.8 Å². The van der Waals surface area contributed by atoms with Crippen LogP contribution in [0.4, 0.5) is 0 Å². The third-order valence-electron chi connectivity index (χ3n) is 3.29. The lowest BCUT2D eigenvalue weighted by Crippen LogP contribution is -2.31. The number of carbonyl (C=O) groups excluding carboxylic acids is 1. The average Bonchev–Trinajstić information content (AvgIpc) is 2.80. The summed E-state index contributed by atoms with van der Waals surface area (Å²) in [5.74, 6) is 5.19. The summed E-state index contributed by atoms with van der Waals surface area (Å²) in [7, 11) is 1.85. The third kappa shape index (κ3) is 2.41. The Bertz CT molecular complexity index is 510. The van der Waals surface area contributed by atoms with Gasteiger partial charge >= 0.3 is 0 Å². The van der Waals surface area contributed by atoms with Crippen molar-refractivity contribution in [1.29, 1.82) is 0 Å². The van der Waals surface area contributed by atoms with E-state index >= 15 is 0 Å². The number of aromatic nitrogens is 1. The minimum absolute atomic E-state index is 0.0956. The lowest BCUT2D eigenvalue weighted by atomic mass is 9.97. The molecule has 1 aliphatic rings. The molecule has 1 aliphatic carbocycles. The van der Waals surface area contributed by atoms with E-state index in [9.17, 15) is 4.79 Å². The standard InChI is InChI=1S/C14H18N2OS/c1-4-7-13(17)16(3)11-9-6-8-10-14(11)18-12(5-2)15-10/h11H,5-6,8-9H2,1-3H3. The van der Waals surface area contributed by atoms with Crippen LogP contribution in [0.15, 0.2) is 0 Å². The summed E-state index contributed by atoms with van der Waals surface area (Å²) in [6.07, 6.45) is 4.13. The molecule has 0 fully saturated rings. The molecule has 0 saturated heterocycles. The van der Waals surface area contributed by atoms with Crippen molar-refractivity contribution in [3.63, 3.8) is 0 Å². The van der Waals surface area contributed by atoms with Gasteiger partial charge in [-0.05, 0) is 38.5 Å². The fourth-order valence-electron chi connectivity index (χ4n) is 2.31. The van der Waals surface area contributed by atoms with Gasteiger partial charge in [0.2, 0.25) is 0 Å². The van der Waals surface area contributed by atoms with Gasteiger partial charge in [0, 0.05) is 7.05 Å². The first-order valence-corrected chi connectivity index (χ1v) is 7.17. The second-order valence-electron chi connectivity index (χ2n) is 4.47. The van der Waals surface area contributed by atoms with Crippen molar-refractivity contribution >= 4 is 17.2 Å². The largest absolute Gasteiger partial charge is 0.327 e. The predicted octanol–water partition coefficient (Wildman–Crippen LogP) is 2.56. The van der Waals surface area contributed by atoms with Gasteiger partial charge in [0.25, 0.3) is 5.91 Å². The van der Waals surface area contributed by atoms with E-state index in [1.165, 1.54) is 15.6 Å². The summed E-state index contributed by atoms with van der Waals surface area (Å²) in [6.45, 7) is 3.82. The number of nitrogens with zero attached hydrogens (tertiary/aromatic N) is 2. The van der Waals surface area contributed by atoms with E-state index in [-0.39, 0.29) is 11.9 Å². The van der Waals surface area contributed by atoms with E-state index < -0.39 is 0 Å². The molecule has 1 unspecified atom stereocenters. The van der Waals surface area contributed by atoms with E-state index in [2.05, 4.69) is 23.7 Å². The summed E-state index contributed by atoms with van der Waals surface area (Å²) in [5.41, 5.74) is 1.19. The Balaban J connectivity index is 2.28. The maximum atomic E-state index is 11.9. The number of aryl methyl sites for hydroxylation is 2. The summed E-state index contributed by atoms with van der Waals surface area (Å²) in [4.78, 5) is 19.6. The van der Waals surface area contributed by atoms with Crippen molar-refractivity contribution in [1.82, 2.24) is 9.88 Å². The van der Waals surface area contributed by atoms with Gasteiger partial charge in [0.05, 0.1) is 21.6 Å². The van der Waals surface area contributed by atoms with Crippen LogP contribution in [-0.4, -0.2) is 22.8 Å². The monoisotopic (exact) mass is 262 g/mol. The number of thiazole rings is 1. The molecule has 96 valence electrons. The molecule has 0 aromatic carbocycles. The van der Waals surface area contributed by atoms with Gasteiger partial charge in [0.1, 0.15) is 0 Å². The van der Waals surface area contributed by atoms with Gasteiger partial charge in [-0.3, -0.25) is 4.79 Å². The predicted molar refractivity (Wildman–Crippen MR) is 73.4 cm³/mol.